The Kier molecular flexibility index (Phi) is 3.81. The van der Waals surface area contributed by atoms with E-state index in [9.17, 15) is 8.78 Å². The Bertz CT molecular complexity index is 247. The van der Waals surface area contributed by atoms with E-state index in [-0.39, 0.29) is 6.10 Å². The number of rotatable bonds is 2. The van der Waals surface area contributed by atoms with E-state index in [0.717, 1.165) is 0 Å². The molecule has 14 heavy (non-hydrogen) atoms. The van der Waals surface area contributed by atoms with Crippen molar-refractivity contribution >= 4 is 0 Å². The van der Waals surface area contributed by atoms with Gasteiger partial charge in [-0.1, -0.05) is 5.92 Å². The Hall–Kier alpha value is -0.700. The predicted octanol–water partition coefficient (Wildman–Crippen LogP) is 0.258. The highest BCUT2D eigenvalue weighted by Gasteiger charge is 2.30. The highest BCUT2D eigenvalue weighted by atomic mass is 19.3. The zero-order chi connectivity index (χ0) is 10.6. The van der Waals surface area contributed by atoms with Crippen molar-refractivity contribution in [2.45, 2.75) is 18.1 Å². The van der Waals surface area contributed by atoms with Gasteiger partial charge in [0, 0.05) is 20.8 Å². The summed E-state index contributed by atoms with van der Waals surface area (Å²) < 4.78 is 35.7. The number of ether oxygens (including phenoxy) is 2. The van der Waals surface area contributed by atoms with Crippen molar-refractivity contribution in [2.75, 3.05) is 27.3 Å². The summed E-state index contributed by atoms with van der Waals surface area (Å²) in [4.78, 5) is 0. The van der Waals surface area contributed by atoms with Gasteiger partial charge >= 0.3 is 5.92 Å². The third-order valence-electron chi connectivity index (χ3n) is 1.98. The number of hydrogen-bond acceptors (Lipinski definition) is 3. The van der Waals surface area contributed by atoms with Gasteiger partial charge in [-0.15, -0.1) is 0 Å². The lowest BCUT2D eigenvalue weighted by Gasteiger charge is -2.24. The maximum atomic E-state index is 12.9. The van der Waals surface area contributed by atoms with Crippen LogP contribution in [0, 0.1) is 11.8 Å². The monoisotopic (exact) mass is 205 g/mol. The number of alkyl halides is 2. The molecule has 1 heterocycles. The molecule has 0 saturated heterocycles. The van der Waals surface area contributed by atoms with Gasteiger partial charge in [0.1, 0.15) is 12.2 Å². The normalized spacial score (nSPS) is 31.1. The number of halogens is 2. The van der Waals surface area contributed by atoms with Gasteiger partial charge in [0.05, 0.1) is 6.54 Å². The van der Waals surface area contributed by atoms with Crippen molar-refractivity contribution in [3.05, 3.63) is 0 Å². The van der Waals surface area contributed by atoms with Crippen LogP contribution in [0.1, 0.15) is 0 Å². The molecule has 2 unspecified atom stereocenters. The second kappa shape index (κ2) is 4.69. The molecule has 3 nitrogen and oxygen atoms in total. The third kappa shape index (κ3) is 2.91. The first-order valence-electron chi connectivity index (χ1n) is 4.26. The SMILES string of the molecule is COC1C#CC(F)(F)CNCC1OC. The molecule has 80 valence electrons. The van der Waals surface area contributed by atoms with E-state index in [1.807, 2.05) is 5.92 Å². The van der Waals surface area contributed by atoms with Crippen molar-refractivity contribution < 1.29 is 18.3 Å². The van der Waals surface area contributed by atoms with E-state index in [1.165, 1.54) is 14.2 Å². The standard InChI is InChI=1S/C9H13F2NO2/c1-13-7-3-4-9(10,11)6-12-5-8(7)14-2/h7-8,12H,5-6H2,1-2H3. The Morgan fingerprint density at radius 2 is 2.07 bits per heavy atom. The fourth-order valence-electron chi connectivity index (χ4n) is 1.21. The molecule has 0 radical (unpaired) electrons. The second-order valence-electron chi connectivity index (χ2n) is 3.04. The van der Waals surface area contributed by atoms with Gasteiger partial charge in [-0.25, -0.2) is 0 Å². The van der Waals surface area contributed by atoms with Gasteiger partial charge in [0.25, 0.3) is 0 Å². The van der Waals surface area contributed by atoms with Gasteiger partial charge < -0.3 is 14.8 Å². The molecule has 0 saturated carbocycles. The molecule has 0 aromatic heterocycles. The minimum atomic E-state index is -2.99. The molecule has 2 atom stereocenters. The van der Waals surface area contributed by atoms with E-state index in [2.05, 4.69) is 11.2 Å². The average Bonchev–Trinajstić information content (AvgIpc) is 2.13. The van der Waals surface area contributed by atoms with E-state index in [4.69, 9.17) is 9.47 Å². The molecular weight excluding hydrogens is 192 g/mol. The largest absolute Gasteiger partial charge is 0.376 e. The molecule has 0 fully saturated rings. The third-order valence-corrected chi connectivity index (χ3v) is 1.98. The molecule has 1 aliphatic heterocycles. The van der Waals surface area contributed by atoms with Crippen LogP contribution in [-0.4, -0.2) is 45.4 Å². The summed E-state index contributed by atoms with van der Waals surface area (Å²) in [5.74, 6) is 1.26. The van der Waals surface area contributed by atoms with Crippen molar-refractivity contribution in [2.24, 2.45) is 0 Å². The lowest BCUT2D eigenvalue weighted by molar-refractivity contribution is -0.0145. The molecule has 1 N–H and O–H groups in total. The summed E-state index contributed by atoms with van der Waals surface area (Å²) in [5.41, 5.74) is 0. The molecule has 0 aromatic carbocycles. The number of methoxy groups -OCH3 is 2. The van der Waals surface area contributed by atoms with Crippen LogP contribution in [0.3, 0.4) is 0 Å². The van der Waals surface area contributed by atoms with Crippen LogP contribution in [0.4, 0.5) is 8.78 Å². The highest BCUT2D eigenvalue weighted by molar-refractivity contribution is 5.16. The van der Waals surface area contributed by atoms with Crippen molar-refractivity contribution in [1.82, 2.24) is 5.32 Å². The maximum Gasteiger partial charge on any atom is 0.320 e. The van der Waals surface area contributed by atoms with Crippen molar-refractivity contribution in [1.29, 1.82) is 0 Å². The number of nitrogens with one attached hydrogen (secondary N) is 1. The van der Waals surface area contributed by atoms with Crippen LogP contribution in [0.5, 0.6) is 0 Å². The topological polar surface area (TPSA) is 30.5 Å². The van der Waals surface area contributed by atoms with Crippen molar-refractivity contribution in [3.63, 3.8) is 0 Å². The molecule has 0 aliphatic carbocycles. The minimum absolute atomic E-state index is 0.305. The fourth-order valence-corrected chi connectivity index (χ4v) is 1.21. The van der Waals surface area contributed by atoms with Gasteiger partial charge in [-0.2, -0.15) is 8.78 Å². The summed E-state index contributed by atoms with van der Waals surface area (Å²) >= 11 is 0. The summed E-state index contributed by atoms with van der Waals surface area (Å²) in [6.07, 6.45) is -0.928. The molecular formula is C9H13F2NO2. The molecule has 0 bridgehead atoms. The van der Waals surface area contributed by atoms with Crippen LogP contribution in [0.2, 0.25) is 0 Å². The fraction of sp³-hybridized carbons (Fsp3) is 0.778. The van der Waals surface area contributed by atoms with Gasteiger partial charge in [0.2, 0.25) is 0 Å². The molecule has 1 aliphatic rings. The van der Waals surface area contributed by atoms with E-state index >= 15 is 0 Å². The average molecular weight is 205 g/mol. The summed E-state index contributed by atoms with van der Waals surface area (Å²) in [6.45, 7) is -0.143. The first kappa shape index (κ1) is 11.4. The molecule has 0 amide bonds. The zero-order valence-electron chi connectivity index (χ0n) is 8.14. The van der Waals surface area contributed by atoms with Gasteiger partial charge in [-0.3, -0.25) is 0 Å². The molecule has 0 spiro atoms. The Balaban J connectivity index is 2.78. The highest BCUT2D eigenvalue weighted by Crippen LogP contribution is 2.13. The van der Waals surface area contributed by atoms with E-state index < -0.39 is 18.6 Å². The van der Waals surface area contributed by atoms with Gasteiger partial charge in [0.15, 0.2) is 0 Å². The quantitative estimate of drug-likeness (QED) is 0.656. The number of hydrogen-bond donors (Lipinski definition) is 1. The minimum Gasteiger partial charge on any atom is -0.376 e. The first-order chi connectivity index (χ1) is 6.59. The van der Waals surface area contributed by atoms with Crippen molar-refractivity contribution in [3.8, 4) is 11.8 Å². The second-order valence-corrected chi connectivity index (χ2v) is 3.04. The molecule has 5 heteroatoms. The summed E-state index contributed by atoms with van der Waals surface area (Å²) in [7, 11) is 2.92. The molecule has 1 rings (SSSR count). The van der Waals surface area contributed by atoms with Gasteiger partial charge in [-0.05, 0) is 5.92 Å². The van der Waals surface area contributed by atoms with E-state index in [0.29, 0.717) is 6.54 Å². The van der Waals surface area contributed by atoms with Crippen LogP contribution >= 0.6 is 0 Å². The van der Waals surface area contributed by atoms with E-state index in [1.54, 1.807) is 0 Å². The summed E-state index contributed by atoms with van der Waals surface area (Å²) in [6, 6.07) is 0. The van der Waals surface area contributed by atoms with Crippen LogP contribution in [0.15, 0.2) is 0 Å². The maximum absolute atomic E-state index is 12.9. The lowest BCUT2D eigenvalue weighted by Crippen LogP contribution is -2.44. The first-order valence-corrected chi connectivity index (χ1v) is 4.26. The smallest absolute Gasteiger partial charge is 0.320 e. The zero-order valence-corrected chi connectivity index (χ0v) is 8.14. The molecule has 0 aromatic rings. The van der Waals surface area contributed by atoms with Crippen LogP contribution < -0.4 is 5.32 Å². The Labute approximate surface area is 81.8 Å². The Morgan fingerprint density at radius 3 is 2.64 bits per heavy atom. The summed E-state index contributed by atoms with van der Waals surface area (Å²) in [5, 5.41) is 2.59. The lowest BCUT2D eigenvalue weighted by atomic mass is 10.1. The Morgan fingerprint density at radius 1 is 1.36 bits per heavy atom. The van der Waals surface area contributed by atoms with Crippen LogP contribution in [0.25, 0.3) is 0 Å². The predicted molar refractivity (Wildman–Crippen MR) is 47.2 cm³/mol. The van der Waals surface area contributed by atoms with Crippen LogP contribution in [-0.2, 0) is 9.47 Å².